The van der Waals surface area contributed by atoms with Gasteiger partial charge in [-0.25, -0.2) is 0 Å². The topological polar surface area (TPSA) is 15.3 Å². The molecule has 0 fully saturated rings. The first-order valence-electron chi connectivity index (χ1n) is 7.45. The molecule has 1 heterocycles. The van der Waals surface area contributed by atoms with Crippen molar-refractivity contribution in [3.63, 3.8) is 0 Å². The largest absolute Gasteiger partial charge is 0.384 e. The summed E-state index contributed by atoms with van der Waals surface area (Å²) in [6.07, 6.45) is 1.15. The number of rotatable bonds is 4. The number of hydrogen-bond acceptors (Lipinski definition) is 2. The summed E-state index contributed by atoms with van der Waals surface area (Å²) in [4.78, 5) is 2.36. The fraction of sp³-hybridized carbons (Fsp3) is 0.333. The maximum Gasteiger partial charge on any atom is 0.0406 e. The van der Waals surface area contributed by atoms with Gasteiger partial charge in [-0.05, 0) is 55.3 Å². The molecule has 1 unspecified atom stereocenters. The molecule has 110 valence electrons. The number of nitrogens with zero attached hydrogens (tertiary/aromatic N) is 1. The van der Waals surface area contributed by atoms with Crippen LogP contribution < -0.4 is 5.32 Å². The molecule has 0 radical (unpaired) electrons. The molecule has 0 saturated heterocycles. The number of fused-ring (bicyclic) bond motifs is 1. The van der Waals surface area contributed by atoms with E-state index in [9.17, 15) is 0 Å². The molecule has 1 aliphatic heterocycles. The Hall–Kier alpha value is -1.51. The number of anilines is 1. The van der Waals surface area contributed by atoms with Crippen molar-refractivity contribution in [2.75, 3.05) is 18.9 Å². The van der Waals surface area contributed by atoms with Gasteiger partial charge >= 0.3 is 0 Å². The summed E-state index contributed by atoms with van der Waals surface area (Å²) in [5.41, 5.74) is 5.39. The van der Waals surface area contributed by atoms with Gasteiger partial charge in [-0.15, -0.1) is 0 Å². The molecule has 2 aromatic carbocycles. The Balaban J connectivity index is 1.70. The molecule has 1 aliphatic rings. The second kappa shape index (κ2) is 6.08. The third-order valence-corrected chi connectivity index (χ3v) is 4.58. The highest BCUT2D eigenvalue weighted by atomic mass is 35.5. The molecule has 3 heteroatoms. The molecule has 2 nitrogen and oxygen atoms in total. The summed E-state index contributed by atoms with van der Waals surface area (Å²) >= 11 is 5.96. The lowest BCUT2D eigenvalue weighted by molar-refractivity contribution is 0.253. The van der Waals surface area contributed by atoms with Crippen molar-refractivity contribution in [2.45, 2.75) is 25.9 Å². The highest BCUT2D eigenvalue weighted by Gasteiger charge is 2.14. The van der Waals surface area contributed by atoms with Crippen LogP contribution in [0, 0.1) is 0 Å². The average molecular weight is 301 g/mol. The summed E-state index contributed by atoms with van der Waals surface area (Å²) in [5.74, 6) is 0. The van der Waals surface area contributed by atoms with E-state index in [1.54, 1.807) is 0 Å². The number of hydrogen-bond donors (Lipinski definition) is 1. The standard InChI is InChI=1S/C18H21ClN2/c1-13(15-5-7-17(19)8-6-15)21(2)12-14-3-4-16-9-10-20-18(16)11-14/h3-8,11,13,20H,9-10,12H2,1-2H3. The van der Waals surface area contributed by atoms with E-state index in [0.29, 0.717) is 6.04 Å². The minimum absolute atomic E-state index is 0.364. The first-order valence-corrected chi connectivity index (χ1v) is 7.82. The Morgan fingerprint density at radius 2 is 1.95 bits per heavy atom. The van der Waals surface area contributed by atoms with Crippen LogP contribution in [0.5, 0.6) is 0 Å². The van der Waals surface area contributed by atoms with Crippen LogP contribution in [0.15, 0.2) is 42.5 Å². The summed E-state index contributed by atoms with van der Waals surface area (Å²) in [6, 6.07) is 15.3. The van der Waals surface area contributed by atoms with Crippen molar-refractivity contribution in [1.29, 1.82) is 0 Å². The Labute approximate surface area is 131 Å². The maximum atomic E-state index is 5.96. The number of benzene rings is 2. The van der Waals surface area contributed by atoms with Gasteiger partial charge in [0.25, 0.3) is 0 Å². The summed E-state index contributed by atoms with van der Waals surface area (Å²) in [6.45, 7) is 4.24. The van der Waals surface area contributed by atoms with E-state index in [0.717, 1.165) is 24.5 Å². The van der Waals surface area contributed by atoms with Gasteiger partial charge in [0.05, 0.1) is 0 Å². The summed E-state index contributed by atoms with van der Waals surface area (Å²) < 4.78 is 0. The normalized spacial score (nSPS) is 14.9. The molecular weight excluding hydrogens is 280 g/mol. The number of nitrogens with one attached hydrogen (secondary N) is 1. The van der Waals surface area contributed by atoms with Crippen molar-refractivity contribution in [2.24, 2.45) is 0 Å². The lowest BCUT2D eigenvalue weighted by atomic mass is 10.1. The molecule has 0 amide bonds. The van der Waals surface area contributed by atoms with Gasteiger partial charge in [0, 0.05) is 29.8 Å². The quantitative estimate of drug-likeness (QED) is 0.894. The van der Waals surface area contributed by atoms with E-state index in [4.69, 9.17) is 11.6 Å². The van der Waals surface area contributed by atoms with Crippen LogP contribution >= 0.6 is 11.6 Å². The fourth-order valence-corrected chi connectivity index (χ4v) is 2.98. The van der Waals surface area contributed by atoms with E-state index in [2.05, 4.69) is 54.5 Å². The monoisotopic (exact) mass is 300 g/mol. The second-order valence-electron chi connectivity index (χ2n) is 5.81. The molecule has 0 aromatic heterocycles. The smallest absolute Gasteiger partial charge is 0.0406 e. The molecule has 1 N–H and O–H groups in total. The zero-order valence-electron chi connectivity index (χ0n) is 12.6. The van der Waals surface area contributed by atoms with E-state index in [1.165, 1.54) is 22.4 Å². The van der Waals surface area contributed by atoms with Crippen LogP contribution in [0.1, 0.15) is 29.7 Å². The van der Waals surface area contributed by atoms with Crippen LogP contribution in [0.4, 0.5) is 5.69 Å². The van der Waals surface area contributed by atoms with Crippen molar-refractivity contribution in [1.82, 2.24) is 4.90 Å². The van der Waals surface area contributed by atoms with Crippen LogP contribution in [-0.2, 0) is 13.0 Å². The van der Waals surface area contributed by atoms with Gasteiger partial charge < -0.3 is 5.32 Å². The molecule has 3 rings (SSSR count). The van der Waals surface area contributed by atoms with Gasteiger partial charge in [-0.3, -0.25) is 4.90 Å². The first kappa shape index (κ1) is 14.4. The SMILES string of the molecule is CC(c1ccc(Cl)cc1)N(C)Cc1ccc2c(c1)NCC2. The molecule has 21 heavy (non-hydrogen) atoms. The van der Waals surface area contributed by atoms with E-state index >= 15 is 0 Å². The summed E-state index contributed by atoms with van der Waals surface area (Å²) in [7, 11) is 2.17. The van der Waals surface area contributed by atoms with Crippen LogP contribution in [-0.4, -0.2) is 18.5 Å². The fourth-order valence-electron chi connectivity index (χ4n) is 2.86. The molecule has 0 saturated carbocycles. The minimum Gasteiger partial charge on any atom is -0.384 e. The van der Waals surface area contributed by atoms with Gasteiger partial charge in [-0.2, -0.15) is 0 Å². The van der Waals surface area contributed by atoms with Crippen molar-refractivity contribution < 1.29 is 0 Å². The third kappa shape index (κ3) is 3.22. The van der Waals surface area contributed by atoms with Gasteiger partial charge in [-0.1, -0.05) is 35.9 Å². The zero-order valence-corrected chi connectivity index (χ0v) is 13.3. The van der Waals surface area contributed by atoms with Crippen molar-refractivity contribution in [3.05, 3.63) is 64.2 Å². The second-order valence-corrected chi connectivity index (χ2v) is 6.25. The van der Waals surface area contributed by atoms with E-state index < -0.39 is 0 Å². The summed E-state index contributed by atoms with van der Waals surface area (Å²) in [5, 5.41) is 4.24. The maximum absolute atomic E-state index is 5.96. The highest BCUT2D eigenvalue weighted by Crippen LogP contribution is 2.26. The zero-order chi connectivity index (χ0) is 14.8. The molecule has 0 spiro atoms. The minimum atomic E-state index is 0.364. The lowest BCUT2D eigenvalue weighted by Crippen LogP contribution is -2.21. The Morgan fingerprint density at radius 1 is 1.19 bits per heavy atom. The Bertz CT molecular complexity index is 622. The van der Waals surface area contributed by atoms with Crippen LogP contribution in [0.3, 0.4) is 0 Å². The van der Waals surface area contributed by atoms with Gasteiger partial charge in [0.15, 0.2) is 0 Å². The molecule has 1 atom stereocenters. The van der Waals surface area contributed by atoms with Crippen LogP contribution in [0.2, 0.25) is 5.02 Å². The Kier molecular flexibility index (Phi) is 4.18. The lowest BCUT2D eigenvalue weighted by Gasteiger charge is -2.25. The first-order chi connectivity index (χ1) is 10.1. The molecular formula is C18H21ClN2. The molecule has 2 aromatic rings. The highest BCUT2D eigenvalue weighted by molar-refractivity contribution is 6.30. The molecule has 0 bridgehead atoms. The third-order valence-electron chi connectivity index (χ3n) is 4.33. The predicted molar refractivity (Wildman–Crippen MR) is 90.0 cm³/mol. The van der Waals surface area contributed by atoms with E-state index in [1.807, 2.05) is 12.1 Å². The molecule has 0 aliphatic carbocycles. The Morgan fingerprint density at radius 3 is 2.71 bits per heavy atom. The van der Waals surface area contributed by atoms with Gasteiger partial charge in [0.1, 0.15) is 0 Å². The van der Waals surface area contributed by atoms with Crippen molar-refractivity contribution in [3.8, 4) is 0 Å². The predicted octanol–water partition coefficient (Wildman–Crippen LogP) is 4.50. The average Bonchev–Trinajstić information content (AvgIpc) is 2.95. The number of halogens is 1. The van der Waals surface area contributed by atoms with Gasteiger partial charge in [0.2, 0.25) is 0 Å². The van der Waals surface area contributed by atoms with E-state index in [-0.39, 0.29) is 0 Å². The van der Waals surface area contributed by atoms with Crippen LogP contribution in [0.25, 0.3) is 0 Å². The van der Waals surface area contributed by atoms with Crippen molar-refractivity contribution >= 4 is 17.3 Å².